The largest absolute Gasteiger partial charge is 0.348 e. The predicted molar refractivity (Wildman–Crippen MR) is 119 cm³/mol. The molecule has 1 aliphatic heterocycles. The molecule has 0 atom stereocenters. The van der Waals surface area contributed by atoms with Gasteiger partial charge in [0.2, 0.25) is 0 Å². The summed E-state index contributed by atoms with van der Waals surface area (Å²) in [7, 11) is 1.87. The Morgan fingerprint density at radius 3 is 2.47 bits per heavy atom. The Bertz CT molecular complexity index is 906. The second-order valence-corrected chi connectivity index (χ2v) is 9.95. The molecule has 2 aliphatic carbocycles. The zero-order valence-electron chi connectivity index (χ0n) is 17.7. The van der Waals surface area contributed by atoms with Gasteiger partial charge in [-0.2, -0.15) is 5.10 Å². The lowest BCUT2D eigenvalue weighted by Gasteiger charge is -2.47. The van der Waals surface area contributed by atoms with E-state index in [0.29, 0.717) is 11.6 Å². The number of carbonyl (C=O) groups excluding carboxylic acids is 1. The van der Waals surface area contributed by atoms with Crippen molar-refractivity contribution in [3.05, 3.63) is 52.3 Å². The van der Waals surface area contributed by atoms with Gasteiger partial charge in [-0.1, -0.05) is 30.2 Å². The molecule has 0 bridgehead atoms. The number of nitrogens with zero attached hydrogens (tertiary/aromatic N) is 3. The van der Waals surface area contributed by atoms with Gasteiger partial charge in [0, 0.05) is 49.1 Å². The Hall–Kier alpha value is -1.85. The number of nitrogens with one attached hydrogen (secondary N) is 1. The molecule has 1 aromatic carbocycles. The van der Waals surface area contributed by atoms with E-state index < -0.39 is 0 Å². The van der Waals surface area contributed by atoms with Crippen LogP contribution in [0.25, 0.3) is 0 Å². The number of hydrogen-bond donors (Lipinski definition) is 1. The molecular formula is C24H31ClN4O. The summed E-state index contributed by atoms with van der Waals surface area (Å²) in [4.78, 5) is 15.4. The molecule has 1 saturated heterocycles. The van der Waals surface area contributed by atoms with E-state index >= 15 is 0 Å². The smallest absolute Gasteiger partial charge is 0.269 e. The molecule has 160 valence electrons. The predicted octanol–water partition coefficient (Wildman–Crippen LogP) is 4.27. The van der Waals surface area contributed by atoms with E-state index in [1.165, 1.54) is 37.7 Å². The number of aromatic nitrogens is 2. The second kappa shape index (κ2) is 8.01. The van der Waals surface area contributed by atoms with Crippen LogP contribution in [0.2, 0.25) is 5.02 Å². The number of likely N-dealkylation sites (tertiary alicyclic amines) is 1. The van der Waals surface area contributed by atoms with Crippen LogP contribution in [0.5, 0.6) is 0 Å². The highest BCUT2D eigenvalue weighted by Crippen LogP contribution is 2.45. The molecule has 0 radical (unpaired) electrons. The fourth-order valence-electron chi connectivity index (χ4n) is 5.15. The quantitative estimate of drug-likeness (QED) is 0.750. The molecular weight excluding hydrogens is 396 g/mol. The lowest BCUT2D eigenvalue weighted by atomic mass is 9.64. The zero-order chi connectivity index (χ0) is 20.7. The summed E-state index contributed by atoms with van der Waals surface area (Å²) in [5.74, 6) is 0.590. The monoisotopic (exact) mass is 426 g/mol. The van der Waals surface area contributed by atoms with Crippen LogP contribution in [-0.2, 0) is 12.5 Å². The van der Waals surface area contributed by atoms with E-state index in [1.54, 1.807) is 4.68 Å². The van der Waals surface area contributed by atoms with Gasteiger partial charge in [0.15, 0.2) is 0 Å². The van der Waals surface area contributed by atoms with Gasteiger partial charge in [0.05, 0.1) is 5.69 Å². The highest BCUT2D eigenvalue weighted by Gasteiger charge is 2.40. The first kappa shape index (κ1) is 20.1. The summed E-state index contributed by atoms with van der Waals surface area (Å²) in [6.45, 7) is 3.19. The number of hydrogen-bond acceptors (Lipinski definition) is 3. The van der Waals surface area contributed by atoms with Crippen molar-refractivity contribution < 1.29 is 4.79 Å². The van der Waals surface area contributed by atoms with E-state index in [1.807, 2.05) is 25.2 Å². The van der Waals surface area contributed by atoms with E-state index in [0.717, 1.165) is 43.2 Å². The molecule has 1 amide bonds. The Balaban J connectivity index is 1.15. The summed E-state index contributed by atoms with van der Waals surface area (Å²) in [6, 6.07) is 10.7. The number of aryl methyl sites for hydroxylation is 1. The van der Waals surface area contributed by atoms with Crippen molar-refractivity contribution in [1.29, 1.82) is 0 Å². The maximum absolute atomic E-state index is 12.8. The van der Waals surface area contributed by atoms with Crippen molar-refractivity contribution in [2.45, 2.75) is 62.3 Å². The van der Waals surface area contributed by atoms with Crippen LogP contribution in [0.4, 0.5) is 0 Å². The third kappa shape index (κ3) is 4.02. The summed E-state index contributed by atoms with van der Waals surface area (Å²) in [5.41, 5.74) is 3.48. The first-order valence-corrected chi connectivity index (χ1v) is 11.7. The first-order chi connectivity index (χ1) is 14.5. The molecule has 6 heteroatoms. The zero-order valence-corrected chi connectivity index (χ0v) is 18.5. The van der Waals surface area contributed by atoms with Crippen LogP contribution in [0.15, 0.2) is 30.3 Å². The van der Waals surface area contributed by atoms with E-state index in [4.69, 9.17) is 11.6 Å². The van der Waals surface area contributed by atoms with Crippen LogP contribution >= 0.6 is 11.6 Å². The molecule has 2 heterocycles. The fourth-order valence-corrected chi connectivity index (χ4v) is 5.27. The molecule has 2 aromatic rings. The highest BCUT2D eigenvalue weighted by atomic mass is 35.5. The van der Waals surface area contributed by atoms with Crippen LogP contribution < -0.4 is 5.32 Å². The number of carbonyl (C=O) groups is 1. The lowest BCUT2D eigenvalue weighted by molar-refractivity contribution is 0.0861. The average molecular weight is 427 g/mol. The number of rotatable bonds is 6. The Kier molecular flexibility index (Phi) is 5.36. The van der Waals surface area contributed by atoms with Gasteiger partial charge < -0.3 is 10.2 Å². The molecule has 1 aromatic heterocycles. The van der Waals surface area contributed by atoms with Crippen molar-refractivity contribution >= 4 is 17.5 Å². The van der Waals surface area contributed by atoms with Crippen molar-refractivity contribution in [3.8, 4) is 0 Å². The Labute approximate surface area is 183 Å². The molecule has 30 heavy (non-hydrogen) atoms. The molecule has 5 nitrogen and oxygen atoms in total. The minimum absolute atomic E-state index is 0.0203. The summed E-state index contributed by atoms with van der Waals surface area (Å²) >= 11 is 6.10. The minimum Gasteiger partial charge on any atom is -0.348 e. The van der Waals surface area contributed by atoms with Crippen LogP contribution in [0, 0.1) is 0 Å². The number of amides is 1. The van der Waals surface area contributed by atoms with Gasteiger partial charge in [0.1, 0.15) is 5.69 Å². The van der Waals surface area contributed by atoms with E-state index in [2.05, 4.69) is 27.4 Å². The second-order valence-electron chi connectivity index (χ2n) is 9.52. The number of halogens is 1. The molecule has 5 rings (SSSR count). The van der Waals surface area contributed by atoms with Crippen molar-refractivity contribution in [2.24, 2.45) is 7.05 Å². The van der Waals surface area contributed by atoms with Crippen LogP contribution in [-0.4, -0.2) is 46.3 Å². The Morgan fingerprint density at radius 1 is 1.17 bits per heavy atom. The van der Waals surface area contributed by atoms with Crippen LogP contribution in [0.1, 0.15) is 72.6 Å². The van der Waals surface area contributed by atoms with Crippen LogP contribution in [0.3, 0.4) is 0 Å². The van der Waals surface area contributed by atoms with Crippen molar-refractivity contribution in [3.63, 3.8) is 0 Å². The number of benzene rings is 1. The minimum atomic E-state index is 0.0203. The summed E-state index contributed by atoms with van der Waals surface area (Å²) in [6.07, 6.45) is 8.25. The van der Waals surface area contributed by atoms with Gasteiger partial charge in [-0.15, -0.1) is 0 Å². The molecule has 3 fully saturated rings. The van der Waals surface area contributed by atoms with Crippen molar-refractivity contribution in [1.82, 2.24) is 20.0 Å². The van der Waals surface area contributed by atoms with Gasteiger partial charge in [-0.3, -0.25) is 9.48 Å². The molecule has 0 unspecified atom stereocenters. The third-order valence-electron chi connectivity index (χ3n) is 7.34. The standard InChI is InChI=1S/C24H31ClN4O/c1-28-22(15-21(27-28)17-3-4-17)23(30)26-20-9-13-29(14-10-20)16-24(11-2-12-24)18-5-7-19(25)8-6-18/h5-8,15,17,20H,2-4,9-14,16H2,1H3,(H,26,30). The SMILES string of the molecule is Cn1nc(C2CC2)cc1C(=O)NC1CCN(CC2(c3ccc(Cl)cc3)CCC2)CC1. The lowest BCUT2D eigenvalue weighted by Crippen LogP contribution is -2.51. The maximum Gasteiger partial charge on any atom is 0.269 e. The Morgan fingerprint density at radius 2 is 1.87 bits per heavy atom. The van der Waals surface area contributed by atoms with E-state index in [-0.39, 0.29) is 17.4 Å². The van der Waals surface area contributed by atoms with Crippen molar-refractivity contribution in [2.75, 3.05) is 19.6 Å². The van der Waals surface area contributed by atoms with E-state index in [9.17, 15) is 4.79 Å². The topological polar surface area (TPSA) is 50.2 Å². The van der Waals surface area contributed by atoms with Gasteiger partial charge in [-0.05, 0) is 62.3 Å². The van der Waals surface area contributed by atoms with Gasteiger partial charge in [0.25, 0.3) is 5.91 Å². The third-order valence-corrected chi connectivity index (χ3v) is 7.60. The first-order valence-electron chi connectivity index (χ1n) is 11.4. The average Bonchev–Trinajstić information content (AvgIpc) is 3.49. The van der Waals surface area contributed by atoms with Gasteiger partial charge in [-0.25, -0.2) is 0 Å². The highest BCUT2D eigenvalue weighted by molar-refractivity contribution is 6.30. The maximum atomic E-state index is 12.8. The summed E-state index contributed by atoms with van der Waals surface area (Å²) in [5, 5.41) is 8.59. The summed E-state index contributed by atoms with van der Waals surface area (Å²) < 4.78 is 1.74. The molecule has 3 aliphatic rings. The normalized spacial score (nSPS) is 21.9. The molecule has 2 saturated carbocycles. The fraction of sp³-hybridized carbons (Fsp3) is 0.583. The number of piperidine rings is 1. The molecule has 1 N–H and O–H groups in total. The molecule has 0 spiro atoms. The van der Waals surface area contributed by atoms with Gasteiger partial charge >= 0.3 is 0 Å².